The van der Waals surface area contributed by atoms with Gasteiger partial charge in [-0.15, -0.1) is 0 Å². The molecule has 0 amide bonds. The van der Waals surface area contributed by atoms with Crippen LogP contribution in [-0.4, -0.2) is 35.6 Å². The van der Waals surface area contributed by atoms with E-state index in [-0.39, 0.29) is 5.65 Å². The molecule has 9 heteroatoms. The number of rotatable bonds is 2. The summed E-state index contributed by atoms with van der Waals surface area (Å²) in [7, 11) is 0. The van der Waals surface area contributed by atoms with Crippen LogP contribution < -0.4 is 9.80 Å². The molecule has 2 aromatic heterocycles. The highest BCUT2D eigenvalue weighted by Crippen LogP contribution is 2.38. The lowest BCUT2D eigenvalue weighted by Gasteiger charge is -2.37. The number of fused-ring (bicyclic) bond motifs is 3. The summed E-state index contributed by atoms with van der Waals surface area (Å²) in [5.74, 6) is 0.385. The number of anilines is 2. The summed E-state index contributed by atoms with van der Waals surface area (Å²) in [6, 6.07) is 17.4. The number of para-hydroxylation sites is 2. The number of nitrogens with zero attached hydrogens (tertiary/aromatic N) is 5. The molecule has 2 aromatic carbocycles. The van der Waals surface area contributed by atoms with Crippen LogP contribution in [0.1, 0.15) is 11.1 Å². The van der Waals surface area contributed by atoms with Crippen LogP contribution in [0.25, 0.3) is 16.7 Å². The van der Waals surface area contributed by atoms with E-state index >= 15 is 0 Å². The van der Waals surface area contributed by atoms with Crippen molar-refractivity contribution in [3.63, 3.8) is 0 Å². The Kier molecular flexibility index (Phi) is 4.86. The monoisotopic (exact) mass is 455 g/mol. The lowest BCUT2D eigenvalue weighted by atomic mass is 10.1. The van der Waals surface area contributed by atoms with Gasteiger partial charge in [0.05, 0.1) is 16.6 Å². The fourth-order valence-corrected chi connectivity index (χ4v) is 4.35. The topological polar surface area (TPSA) is 47.6 Å². The molecule has 1 aliphatic heterocycles. The molecular formula is C23H17ClF3N5. The second kappa shape index (κ2) is 7.61. The van der Waals surface area contributed by atoms with Gasteiger partial charge in [0.25, 0.3) is 0 Å². The molecule has 0 radical (unpaired) electrons. The molecule has 0 aliphatic carbocycles. The van der Waals surface area contributed by atoms with Crippen LogP contribution in [0.2, 0.25) is 5.02 Å². The predicted molar refractivity (Wildman–Crippen MR) is 118 cm³/mol. The van der Waals surface area contributed by atoms with Gasteiger partial charge < -0.3 is 9.80 Å². The van der Waals surface area contributed by atoms with E-state index in [0.717, 1.165) is 11.8 Å². The Labute approximate surface area is 186 Å². The van der Waals surface area contributed by atoms with E-state index in [2.05, 4.69) is 9.88 Å². The van der Waals surface area contributed by atoms with Gasteiger partial charge in [-0.1, -0.05) is 23.7 Å². The Hall–Kier alpha value is -3.44. The van der Waals surface area contributed by atoms with Crippen LogP contribution in [-0.2, 0) is 6.18 Å². The Balaban J connectivity index is 1.61. The maximum atomic E-state index is 13.9. The Morgan fingerprint density at radius 1 is 0.938 bits per heavy atom. The fraction of sp³-hybridized carbons (Fsp3) is 0.217. The normalized spacial score (nSPS) is 14.8. The first-order valence-electron chi connectivity index (χ1n) is 10.0. The fourth-order valence-electron chi connectivity index (χ4n) is 4.22. The molecule has 0 spiro atoms. The van der Waals surface area contributed by atoms with Crippen LogP contribution in [0, 0.1) is 11.3 Å². The molecule has 0 atom stereocenters. The molecule has 1 saturated heterocycles. The number of halogens is 4. The van der Waals surface area contributed by atoms with Crippen molar-refractivity contribution >= 4 is 39.8 Å². The predicted octanol–water partition coefficient (Wildman–Crippen LogP) is 5.36. The third-order valence-electron chi connectivity index (χ3n) is 5.77. The van der Waals surface area contributed by atoms with Crippen molar-refractivity contribution in [2.45, 2.75) is 6.18 Å². The SMILES string of the molecule is N#Cc1c(C(F)(F)F)cc(N2CCN(c3ccc(Cl)cc3)CC2)n2c1nc1ccccc12. The molecule has 3 heterocycles. The van der Waals surface area contributed by atoms with Gasteiger partial charge in [0, 0.05) is 36.9 Å². The zero-order valence-corrected chi connectivity index (χ0v) is 17.5. The number of hydrogen-bond acceptors (Lipinski definition) is 4. The molecule has 32 heavy (non-hydrogen) atoms. The molecule has 4 aromatic rings. The van der Waals surface area contributed by atoms with Gasteiger partial charge in [0.1, 0.15) is 17.5 Å². The highest BCUT2D eigenvalue weighted by Gasteiger charge is 2.37. The van der Waals surface area contributed by atoms with Crippen molar-refractivity contribution < 1.29 is 13.2 Å². The number of piperazine rings is 1. The third kappa shape index (κ3) is 3.39. The van der Waals surface area contributed by atoms with E-state index < -0.39 is 17.3 Å². The Morgan fingerprint density at radius 3 is 2.25 bits per heavy atom. The molecule has 162 valence electrons. The van der Waals surface area contributed by atoms with Gasteiger partial charge in [-0.25, -0.2) is 4.98 Å². The van der Waals surface area contributed by atoms with Gasteiger partial charge in [-0.05, 0) is 42.5 Å². The first-order valence-corrected chi connectivity index (χ1v) is 10.4. The number of nitriles is 1. The van der Waals surface area contributed by atoms with Crippen LogP contribution in [0.4, 0.5) is 24.7 Å². The van der Waals surface area contributed by atoms with Crippen molar-refractivity contribution in [2.24, 2.45) is 0 Å². The smallest absolute Gasteiger partial charge is 0.368 e. The van der Waals surface area contributed by atoms with Crippen LogP contribution >= 0.6 is 11.6 Å². The second-order valence-corrected chi connectivity index (χ2v) is 8.05. The Bertz CT molecular complexity index is 1350. The van der Waals surface area contributed by atoms with E-state index in [9.17, 15) is 18.4 Å². The molecule has 0 N–H and O–H groups in total. The zero-order valence-electron chi connectivity index (χ0n) is 16.8. The van der Waals surface area contributed by atoms with E-state index in [1.54, 1.807) is 28.7 Å². The quantitative estimate of drug-likeness (QED) is 0.408. The van der Waals surface area contributed by atoms with Crippen molar-refractivity contribution in [3.05, 3.63) is 70.7 Å². The number of aromatic nitrogens is 2. The summed E-state index contributed by atoms with van der Waals surface area (Å²) in [6.45, 7) is 2.31. The number of benzene rings is 2. The number of alkyl halides is 3. The average Bonchev–Trinajstić information content (AvgIpc) is 3.18. The first kappa shape index (κ1) is 20.5. The molecule has 0 bridgehead atoms. The van der Waals surface area contributed by atoms with E-state index in [4.69, 9.17) is 11.6 Å². The summed E-state index contributed by atoms with van der Waals surface area (Å²) in [6.07, 6.45) is -4.66. The average molecular weight is 456 g/mol. The van der Waals surface area contributed by atoms with Gasteiger partial charge >= 0.3 is 6.18 Å². The largest absolute Gasteiger partial charge is 0.417 e. The van der Waals surface area contributed by atoms with E-state index in [1.165, 1.54) is 0 Å². The summed E-state index contributed by atoms with van der Waals surface area (Å²) in [5.41, 5.74) is 0.837. The lowest BCUT2D eigenvalue weighted by molar-refractivity contribution is -0.137. The number of pyridine rings is 1. The van der Waals surface area contributed by atoms with Gasteiger partial charge in [-0.3, -0.25) is 4.40 Å². The zero-order chi connectivity index (χ0) is 22.5. The molecular weight excluding hydrogens is 439 g/mol. The van der Waals surface area contributed by atoms with Crippen molar-refractivity contribution in [1.82, 2.24) is 9.38 Å². The van der Waals surface area contributed by atoms with E-state index in [0.29, 0.717) is 48.1 Å². The van der Waals surface area contributed by atoms with Gasteiger partial charge in [0.15, 0.2) is 5.65 Å². The minimum Gasteiger partial charge on any atom is -0.368 e. The molecule has 1 aliphatic rings. The van der Waals surface area contributed by atoms with E-state index in [1.807, 2.05) is 35.2 Å². The summed E-state index contributed by atoms with van der Waals surface area (Å²) < 4.78 is 43.2. The highest BCUT2D eigenvalue weighted by atomic mass is 35.5. The highest BCUT2D eigenvalue weighted by molar-refractivity contribution is 6.30. The van der Waals surface area contributed by atoms with Crippen molar-refractivity contribution in [1.29, 1.82) is 5.26 Å². The number of imidazole rings is 1. The van der Waals surface area contributed by atoms with Crippen LogP contribution in [0.5, 0.6) is 0 Å². The maximum Gasteiger partial charge on any atom is 0.417 e. The van der Waals surface area contributed by atoms with Crippen LogP contribution in [0.3, 0.4) is 0 Å². The van der Waals surface area contributed by atoms with Crippen molar-refractivity contribution in [2.75, 3.05) is 36.0 Å². The molecule has 5 rings (SSSR count). The first-order chi connectivity index (χ1) is 15.4. The molecule has 0 saturated carbocycles. The van der Waals surface area contributed by atoms with Crippen LogP contribution in [0.15, 0.2) is 54.6 Å². The standard InChI is InChI=1S/C23H17ClF3N5/c24-15-5-7-16(8-6-15)30-9-11-31(12-10-30)21-13-18(23(25,26)27)17(14-28)22-29-19-3-1-2-4-20(19)32(21)22/h1-8,13H,9-12H2. The second-order valence-electron chi connectivity index (χ2n) is 7.61. The number of hydrogen-bond donors (Lipinski definition) is 0. The summed E-state index contributed by atoms with van der Waals surface area (Å²) in [4.78, 5) is 8.47. The minimum absolute atomic E-state index is 0.0265. The lowest BCUT2D eigenvalue weighted by Crippen LogP contribution is -2.47. The minimum atomic E-state index is -4.66. The van der Waals surface area contributed by atoms with Gasteiger partial charge in [-0.2, -0.15) is 18.4 Å². The summed E-state index contributed by atoms with van der Waals surface area (Å²) in [5, 5.41) is 10.2. The molecule has 1 fully saturated rings. The molecule has 5 nitrogen and oxygen atoms in total. The molecule has 0 unspecified atom stereocenters. The van der Waals surface area contributed by atoms with Crippen molar-refractivity contribution in [3.8, 4) is 6.07 Å². The Morgan fingerprint density at radius 2 is 1.59 bits per heavy atom. The third-order valence-corrected chi connectivity index (χ3v) is 6.02. The summed E-state index contributed by atoms with van der Waals surface area (Å²) >= 11 is 5.97. The van der Waals surface area contributed by atoms with Gasteiger partial charge in [0.2, 0.25) is 0 Å². The maximum absolute atomic E-state index is 13.9.